The summed E-state index contributed by atoms with van der Waals surface area (Å²) in [5.74, 6) is 2.81. The van der Waals surface area contributed by atoms with Crippen molar-refractivity contribution >= 4 is 11.8 Å². The van der Waals surface area contributed by atoms with Crippen LogP contribution < -0.4 is 0 Å². The normalized spacial score (nSPS) is 11.7. The Morgan fingerprint density at radius 3 is 1.00 bits per heavy atom. The van der Waals surface area contributed by atoms with Gasteiger partial charge in [0.2, 0.25) is 0 Å². The Morgan fingerprint density at radius 1 is 0.355 bits per heavy atom. The van der Waals surface area contributed by atoms with Crippen LogP contribution in [0.2, 0.25) is 0 Å². The fraction of sp³-hybridized carbons (Fsp3) is 0.933. The van der Waals surface area contributed by atoms with Crippen molar-refractivity contribution in [2.45, 2.75) is 168 Å². The second-order valence-electron chi connectivity index (χ2n) is 9.73. The molecule has 0 fully saturated rings. The lowest BCUT2D eigenvalue weighted by Crippen LogP contribution is -1.87. The molecule has 0 aliphatic carbocycles. The zero-order valence-corrected chi connectivity index (χ0v) is 22.8. The molecule has 0 heterocycles. The van der Waals surface area contributed by atoms with Crippen LogP contribution >= 0.6 is 11.8 Å². The molecule has 1 heteroatoms. The van der Waals surface area contributed by atoms with Gasteiger partial charge in [-0.2, -0.15) is 11.8 Å². The second kappa shape index (κ2) is 30.1. The van der Waals surface area contributed by atoms with E-state index in [2.05, 4.69) is 37.8 Å². The monoisotopic (exact) mass is 452 g/mol. The summed E-state index contributed by atoms with van der Waals surface area (Å²) in [5.41, 5.74) is 0. The molecular formula is C30H60S. The van der Waals surface area contributed by atoms with Gasteiger partial charge in [0, 0.05) is 0 Å². The predicted octanol–water partition coefficient (Wildman–Crippen LogP) is 11.7. The summed E-state index contributed by atoms with van der Waals surface area (Å²) in [6, 6.07) is 0. The standard InChI is InChI=1S/C30H60S/c1-3-5-7-9-11-13-15-16-17-18-19-20-22-24-26-28-30-31-29-27-25-23-21-14-12-10-8-6-4-2/h16-17H,3-15,18-30H2,1-2H3. The van der Waals surface area contributed by atoms with Crippen LogP contribution in [0, 0.1) is 0 Å². The highest BCUT2D eigenvalue weighted by molar-refractivity contribution is 7.99. The molecule has 186 valence electrons. The molecule has 0 nitrogen and oxygen atoms in total. The molecule has 0 rings (SSSR count). The highest BCUT2D eigenvalue weighted by Gasteiger charge is 1.95. The van der Waals surface area contributed by atoms with E-state index in [1.165, 1.54) is 166 Å². The molecule has 0 saturated heterocycles. The van der Waals surface area contributed by atoms with Crippen LogP contribution in [-0.2, 0) is 0 Å². The molecule has 0 aliphatic rings. The highest BCUT2D eigenvalue weighted by atomic mass is 32.2. The fourth-order valence-electron chi connectivity index (χ4n) is 4.25. The van der Waals surface area contributed by atoms with Crippen LogP contribution in [0.5, 0.6) is 0 Å². The van der Waals surface area contributed by atoms with E-state index in [1.54, 1.807) is 0 Å². The van der Waals surface area contributed by atoms with Gasteiger partial charge in [-0.05, 0) is 50.0 Å². The van der Waals surface area contributed by atoms with Crippen molar-refractivity contribution in [3.63, 3.8) is 0 Å². The van der Waals surface area contributed by atoms with E-state index in [4.69, 9.17) is 0 Å². The summed E-state index contributed by atoms with van der Waals surface area (Å²) < 4.78 is 0. The topological polar surface area (TPSA) is 0 Å². The third-order valence-corrected chi connectivity index (χ3v) is 7.60. The van der Waals surface area contributed by atoms with Gasteiger partial charge in [0.25, 0.3) is 0 Å². The molecule has 0 atom stereocenters. The molecule has 0 aromatic rings. The van der Waals surface area contributed by atoms with Gasteiger partial charge in [-0.15, -0.1) is 0 Å². The molecule has 0 amide bonds. The average molecular weight is 453 g/mol. The third-order valence-electron chi connectivity index (χ3n) is 6.44. The Labute approximate surface area is 203 Å². The van der Waals surface area contributed by atoms with Gasteiger partial charge < -0.3 is 0 Å². The Kier molecular flexibility index (Phi) is 30.2. The number of hydrogen-bond donors (Lipinski definition) is 0. The summed E-state index contributed by atoms with van der Waals surface area (Å²) in [6.45, 7) is 4.60. The number of hydrogen-bond acceptors (Lipinski definition) is 1. The van der Waals surface area contributed by atoms with E-state index >= 15 is 0 Å². The lowest BCUT2D eigenvalue weighted by Gasteiger charge is -2.04. The largest absolute Gasteiger partial charge is 0.162 e. The minimum atomic E-state index is 1.31. The molecule has 0 spiro atoms. The van der Waals surface area contributed by atoms with Crippen LogP contribution in [0.3, 0.4) is 0 Å². The van der Waals surface area contributed by atoms with Crippen LogP contribution in [0.15, 0.2) is 12.2 Å². The molecule has 31 heavy (non-hydrogen) atoms. The van der Waals surface area contributed by atoms with Crippen LogP contribution in [0.1, 0.15) is 168 Å². The van der Waals surface area contributed by atoms with E-state index in [-0.39, 0.29) is 0 Å². The van der Waals surface area contributed by atoms with Gasteiger partial charge >= 0.3 is 0 Å². The zero-order chi connectivity index (χ0) is 22.5. The van der Waals surface area contributed by atoms with Crippen LogP contribution in [0.25, 0.3) is 0 Å². The first-order valence-electron chi connectivity index (χ1n) is 14.6. The van der Waals surface area contributed by atoms with Crippen molar-refractivity contribution in [3.05, 3.63) is 12.2 Å². The van der Waals surface area contributed by atoms with E-state index in [0.29, 0.717) is 0 Å². The minimum absolute atomic E-state index is 1.31. The number of rotatable bonds is 27. The van der Waals surface area contributed by atoms with Crippen molar-refractivity contribution < 1.29 is 0 Å². The van der Waals surface area contributed by atoms with Gasteiger partial charge in [0.1, 0.15) is 0 Å². The van der Waals surface area contributed by atoms with E-state index in [9.17, 15) is 0 Å². The number of unbranched alkanes of at least 4 members (excludes halogenated alkanes) is 21. The van der Waals surface area contributed by atoms with Crippen molar-refractivity contribution in [3.8, 4) is 0 Å². The van der Waals surface area contributed by atoms with Crippen molar-refractivity contribution in [1.82, 2.24) is 0 Å². The summed E-state index contributed by atoms with van der Waals surface area (Å²) in [4.78, 5) is 0. The SMILES string of the molecule is CCCCCCCCC=CCCCCCCCCSCCCCCCCCCCCC. The van der Waals surface area contributed by atoms with Gasteiger partial charge in [-0.1, -0.05) is 142 Å². The maximum absolute atomic E-state index is 2.44. The minimum Gasteiger partial charge on any atom is -0.162 e. The van der Waals surface area contributed by atoms with Crippen LogP contribution in [-0.4, -0.2) is 11.5 Å². The number of allylic oxidation sites excluding steroid dienone is 2. The van der Waals surface area contributed by atoms with Gasteiger partial charge in [-0.3, -0.25) is 0 Å². The maximum Gasteiger partial charge on any atom is -0.00675 e. The summed E-state index contributed by atoms with van der Waals surface area (Å²) in [5, 5.41) is 0. The van der Waals surface area contributed by atoms with E-state index in [0.717, 1.165) is 0 Å². The Morgan fingerprint density at radius 2 is 0.645 bits per heavy atom. The summed E-state index contributed by atoms with van der Waals surface area (Å²) in [6.07, 6.45) is 39.2. The average Bonchev–Trinajstić information content (AvgIpc) is 2.78. The molecule has 0 N–H and O–H groups in total. The maximum atomic E-state index is 2.44. The molecule has 0 bridgehead atoms. The zero-order valence-electron chi connectivity index (χ0n) is 21.9. The smallest absolute Gasteiger partial charge is 0.00675 e. The second-order valence-corrected chi connectivity index (χ2v) is 11.0. The molecule has 0 aliphatic heterocycles. The van der Waals surface area contributed by atoms with Crippen molar-refractivity contribution in [2.24, 2.45) is 0 Å². The van der Waals surface area contributed by atoms with Crippen LogP contribution in [0.4, 0.5) is 0 Å². The van der Waals surface area contributed by atoms with E-state index < -0.39 is 0 Å². The van der Waals surface area contributed by atoms with Gasteiger partial charge in [-0.25, -0.2) is 0 Å². The number of thioether (sulfide) groups is 1. The predicted molar refractivity (Wildman–Crippen MR) is 149 cm³/mol. The Hall–Kier alpha value is 0.0900. The lowest BCUT2D eigenvalue weighted by molar-refractivity contribution is 0.563. The van der Waals surface area contributed by atoms with Gasteiger partial charge in [0.05, 0.1) is 0 Å². The van der Waals surface area contributed by atoms with E-state index in [1.807, 2.05) is 0 Å². The van der Waals surface area contributed by atoms with Crippen molar-refractivity contribution in [2.75, 3.05) is 11.5 Å². The lowest BCUT2D eigenvalue weighted by atomic mass is 10.1. The molecule has 0 unspecified atom stereocenters. The molecule has 0 saturated carbocycles. The summed E-state index contributed by atoms with van der Waals surface area (Å²) in [7, 11) is 0. The third kappa shape index (κ3) is 30.1. The first kappa shape index (κ1) is 31.1. The summed E-state index contributed by atoms with van der Waals surface area (Å²) >= 11 is 2.21. The Balaban J connectivity index is 3.04. The Bertz CT molecular complexity index is 322. The first-order valence-corrected chi connectivity index (χ1v) is 15.8. The first-order chi connectivity index (χ1) is 15.4. The van der Waals surface area contributed by atoms with Gasteiger partial charge in [0.15, 0.2) is 0 Å². The highest BCUT2D eigenvalue weighted by Crippen LogP contribution is 2.15. The molecule has 0 aromatic heterocycles. The van der Waals surface area contributed by atoms with Crippen molar-refractivity contribution in [1.29, 1.82) is 0 Å². The molecule has 0 aromatic carbocycles. The molecular weight excluding hydrogens is 392 g/mol. The quantitative estimate of drug-likeness (QED) is 0.0881. The molecule has 0 radical (unpaired) electrons. The fourth-order valence-corrected chi connectivity index (χ4v) is 5.27.